The maximum Gasteiger partial charge on any atom is 0.160 e. The van der Waals surface area contributed by atoms with Gasteiger partial charge in [0.2, 0.25) is 0 Å². The number of aromatic nitrogens is 3. The number of hydrogen-bond acceptors (Lipinski definition) is 4. The molecule has 0 N–H and O–H groups in total. The number of rotatable bonds is 5. The van der Waals surface area contributed by atoms with Crippen LogP contribution in [0.5, 0.6) is 0 Å². The van der Waals surface area contributed by atoms with E-state index in [0.29, 0.717) is 5.82 Å². The zero-order valence-corrected chi connectivity index (χ0v) is 27.5. The van der Waals surface area contributed by atoms with Crippen LogP contribution in [0.2, 0.25) is 0 Å². The lowest BCUT2D eigenvalue weighted by Gasteiger charge is -2.11. The van der Waals surface area contributed by atoms with Gasteiger partial charge in [0, 0.05) is 27.6 Å². The van der Waals surface area contributed by atoms with Gasteiger partial charge in [-0.25, -0.2) is 15.0 Å². The van der Waals surface area contributed by atoms with Gasteiger partial charge in [-0.3, -0.25) is 0 Å². The largest absolute Gasteiger partial charge is 0.455 e. The maximum atomic E-state index is 6.63. The molecule has 0 saturated carbocycles. The minimum absolute atomic E-state index is 0.706. The number of fused-ring (bicyclic) bond motifs is 7. The van der Waals surface area contributed by atoms with Crippen LogP contribution in [-0.4, -0.2) is 15.0 Å². The monoisotopic (exact) mass is 651 g/mol. The normalized spacial score (nSPS) is 11.5. The number of para-hydroxylation sites is 1. The van der Waals surface area contributed by atoms with Crippen LogP contribution in [0.15, 0.2) is 180 Å². The van der Waals surface area contributed by atoms with Crippen molar-refractivity contribution in [3.63, 3.8) is 0 Å². The van der Waals surface area contributed by atoms with Crippen LogP contribution in [0.3, 0.4) is 0 Å². The molecule has 7 aromatic carbocycles. The van der Waals surface area contributed by atoms with E-state index >= 15 is 0 Å². The van der Waals surface area contributed by atoms with Gasteiger partial charge in [-0.2, -0.15) is 0 Å². The van der Waals surface area contributed by atoms with Crippen LogP contribution in [0.4, 0.5) is 0 Å². The predicted octanol–water partition coefficient (Wildman–Crippen LogP) is 12.4. The Morgan fingerprint density at radius 2 is 0.980 bits per heavy atom. The van der Waals surface area contributed by atoms with Gasteiger partial charge in [0.1, 0.15) is 11.2 Å². The summed E-state index contributed by atoms with van der Waals surface area (Å²) in [5.41, 5.74) is 11.7. The van der Waals surface area contributed by atoms with E-state index in [-0.39, 0.29) is 0 Å². The molecular weight excluding hydrogens is 623 g/mol. The number of hydrogen-bond donors (Lipinski definition) is 0. The molecule has 0 fully saturated rings. The summed E-state index contributed by atoms with van der Waals surface area (Å²) >= 11 is 0. The summed E-state index contributed by atoms with van der Waals surface area (Å²) < 4.78 is 6.63. The molecule has 10 rings (SSSR count). The van der Waals surface area contributed by atoms with E-state index in [0.717, 1.165) is 88.7 Å². The third kappa shape index (κ3) is 5.04. The van der Waals surface area contributed by atoms with E-state index in [1.165, 1.54) is 5.39 Å². The lowest BCUT2D eigenvalue weighted by atomic mass is 9.96. The average molecular weight is 652 g/mol. The Kier molecular flexibility index (Phi) is 6.78. The van der Waals surface area contributed by atoms with E-state index in [1.54, 1.807) is 0 Å². The summed E-state index contributed by atoms with van der Waals surface area (Å²) in [6.45, 7) is 0. The van der Waals surface area contributed by atoms with Gasteiger partial charge in [-0.15, -0.1) is 0 Å². The first-order valence-electron chi connectivity index (χ1n) is 17.1. The molecule has 0 spiro atoms. The molecule has 0 atom stereocenters. The SMILES string of the molecule is c1ccc(-c2cc(-c3ccc(-c4cccc(-c5nc6ccc7ccccc7c6c6oc7ccccc7c56)c4)cc3)nc(-c3ccccc3)n2)cc1. The molecule has 3 heterocycles. The quantitative estimate of drug-likeness (QED) is 0.174. The van der Waals surface area contributed by atoms with Crippen molar-refractivity contribution in [2.24, 2.45) is 0 Å². The predicted molar refractivity (Wildman–Crippen MR) is 209 cm³/mol. The maximum absolute atomic E-state index is 6.63. The molecule has 4 nitrogen and oxygen atoms in total. The molecule has 0 aliphatic carbocycles. The molecular formula is C47H29N3O. The lowest BCUT2D eigenvalue weighted by Crippen LogP contribution is -1.95. The fourth-order valence-corrected chi connectivity index (χ4v) is 7.18. The molecule has 51 heavy (non-hydrogen) atoms. The fraction of sp³-hybridized carbons (Fsp3) is 0. The van der Waals surface area contributed by atoms with Crippen molar-refractivity contribution < 1.29 is 4.42 Å². The topological polar surface area (TPSA) is 51.8 Å². The molecule has 0 unspecified atom stereocenters. The van der Waals surface area contributed by atoms with Crippen molar-refractivity contribution in [1.29, 1.82) is 0 Å². The smallest absolute Gasteiger partial charge is 0.160 e. The molecule has 238 valence electrons. The van der Waals surface area contributed by atoms with Crippen LogP contribution in [0, 0.1) is 0 Å². The highest BCUT2D eigenvalue weighted by Crippen LogP contribution is 2.42. The van der Waals surface area contributed by atoms with Crippen molar-refractivity contribution in [1.82, 2.24) is 15.0 Å². The second kappa shape index (κ2) is 11.9. The molecule has 3 aromatic heterocycles. The van der Waals surface area contributed by atoms with Crippen molar-refractivity contribution in [3.05, 3.63) is 176 Å². The summed E-state index contributed by atoms with van der Waals surface area (Å²) in [5, 5.41) is 5.46. The van der Waals surface area contributed by atoms with Crippen LogP contribution in [0.1, 0.15) is 0 Å². The standard InChI is InChI=1S/C47H29N3O/c1-3-13-32(14-4-1)40-29-41(50-47(49-40)34-15-5-2-6-16-34)33-24-22-30(23-25-33)35-17-11-18-36(28-35)45-44-38-20-9-10-21-42(38)51-46(44)43-37-19-8-7-12-31(37)26-27-39(43)48-45/h1-29H. The first-order chi connectivity index (χ1) is 25.3. The Labute approximate surface area is 294 Å². The third-order valence-electron chi connectivity index (χ3n) is 9.68. The van der Waals surface area contributed by atoms with Gasteiger partial charge >= 0.3 is 0 Å². The Morgan fingerprint density at radius 3 is 1.76 bits per heavy atom. The highest BCUT2D eigenvalue weighted by Gasteiger charge is 2.19. The summed E-state index contributed by atoms with van der Waals surface area (Å²) in [7, 11) is 0. The van der Waals surface area contributed by atoms with Gasteiger partial charge in [0.05, 0.1) is 33.4 Å². The second-order valence-corrected chi connectivity index (χ2v) is 12.8. The molecule has 0 radical (unpaired) electrons. The minimum Gasteiger partial charge on any atom is -0.455 e. The minimum atomic E-state index is 0.706. The molecule has 10 aromatic rings. The number of pyridine rings is 1. The summed E-state index contributed by atoms with van der Waals surface area (Å²) in [6, 6.07) is 60.7. The van der Waals surface area contributed by atoms with Crippen LogP contribution in [-0.2, 0) is 0 Å². The lowest BCUT2D eigenvalue weighted by molar-refractivity contribution is 0.673. The zero-order chi connectivity index (χ0) is 33.7. The second-order valence-electron chi connectivity index (χ2n) is 12.8. The summed E-state index contributed by atoms with van der Waals surface area (Å²) in [5.74, 6) is 0.706. The first kappa shape index (κ1) is 29.0. The van der Waals surface area contributed by atoms with E-state index in [4.69, 9.17) is 19.4 Å². The van der Waals surface area contributed by atoms with E-state index in [1.807, 2.05) is 48.5 Å². The highest BCUT2D eigenvalue weighted by atomic mass is 16.3. The van der Waals surface area contributed by atoms with Crippen LogP contribution < -0.4 is 0 Å². The Hall–Kier alpha value is -6.91. The average Bonchev–Trinajstić information content (AvgIpc) is 3.61. The van der Waals surface area contributed by atoms with Crippen molar-refractivity contribution in [2.75, 3.05) is 0 Å². The molecule has 0 saturated heterocycles. The van der Waals surface area contributed by atoms with E-state index in [2.05, 4.69) is 127 Å². The fourth-order valence-electron chi connectivity index (χ4n) is 7.18. The van der Waals surface area contributed by atoms with Gasteiger partial charge in [-0.05, 0) is 46.2 Å². The molecule has 0 amide bonds. The van der Waals surface area contributed by atoms with Crippen molar-refractivity contribution >= 4 is 43.6 Å². The Bertz CT molecular complexity index is 2840. The summed E-state index contributed by atoms with van der Waals surface area (Å²) in [4.78, 5) is 15.3. The van der Waals surface area contributed by atoms with Crippen molar-refractivity contribution in [3.8, 4) is 56.3 Å². The van der Waals surface area contributed by atoms with Crippen molar-refractivity contribution in [2.45, 2.75) is 0 Å². The molecule has 0 aliphatic heterocycles. The van der Waals surface area contributed by atoms with Crippen LogP contribution in [0.25, 0.3) is 99.9 Å². The number of benzene rings is 7. The summed E-state index contributed by atoms with van der Waals surface area (Å²) in [6.07, 6.45) is 0. The zero-order valence-electron chi connectivity index (χ0n) is 27.5. The Morgan fingerprint density at radius 1 is 0.373 bits per heavy atom. The number of nitrogens with zero attached hydrogens (tertiary/aromatic N) is 3. The van der Waals surface area contributed by atoms with Gasteiger partial charge in [0.25, 0.3) is 0 Å². The van der Waals surface area contributed by atoms with E-state index in [9.17, 15) is 0 Å². The Balaban J connectivity index is 1.08. The van der Waals surface area contributed by atoms with Gasteiger partial charge in [-0.1, -0.05) is 152 Å². The van der Waals surface area contributed by atoms with E-state index < -0.39 is 0 Å². The third-order valence-corrected chi connectivity index (χ3v) is 9.68. The molecule has 4 heteroatoms. The molecule has 0 bridgehead atoms. The molecule has 0 aliphatic rings. The van der Waals surface area contributed by atoms with Gasteiger partial charge < -0.3 is 4.42 Å². The first-order valence-corrected chi connectivity index (χ1v) is 17.1. The highest BCUT2D eigenvalue weighted by molar-refractivity contribution is 6.25. The van der Waals surface area contributed by atoms with Gasteiger partial charge in [0.15, 0.2) is 5.82 Å². The van der Waals surface area contributed by atoms with Crippen LogP contribution >= 0.6 is 0 Å². The number of furan rings is 1.